The Balaban J connectivity index is 2.17. The van der Waals surface area contributed by atoms with Gasteiger partial charge in [-0.2, -0.15) is 8.78 Å². The minimum absolute atomic E-state index is 0.0570. The molecule has 2 rings (SSSR count). The van der Waals surface area contributed by atoms with Gasteiger partial charge in [-0.3, -0.25) is 0 Å². The number of methoxy groups -OCH3 is 1. The summed E-state index contributed by atoms with van der Waals surface area (Å²) in [6.07, 6.45) is -0.856. The molecule has 0 aromatic heterocycles. The van der Waals surface area contributed by atoms with Gasteiger partial charge in [0.15, 0.2) is 0 Å². The predicted molar refractivity (Wildman–Crippen MR) is 70.1 cm³/mol. The van der Waals surface area contributed by atoms with E-state index in [1.807, 2.05) is 0 Å². The third kappa shape index (κ3) is 3.45. The zero-order valence-corrected chi connectivity index (χ0v) is 10.8. The average Bonchev–Trinajstić information content (AvgIpc) is 2.47. The molecule has 0 amide bonds. The lowest BCUT2D eigenvalue weighted by Gasteiger charge is -2.13. The van der Waals surface area contributed by atoms with Gasteiger partial charge < -0.3 is 14.6 Å². The molecule has 0 aliphatic rings. The molecule has 0 spiro atoms. The summed E-state index contributed by atoms with van der Waals surface area (Å²) in [4.78, 5) is 0. The van der Waals surface area contributed by atoms with E-state index in [-0.39, 0.29) is 5.75 Å². The molecule has 0 saturated carbocycles. The molecule has 3 nitrogen and oxygen atoms in total. The van der Waals surface area contributed by atoms with Crippen LogP contribution in [0.2, 0.25) is 0 Å². The summed E-state index contributed by atoms with van der Waals surface area (Å²) in [5, 5.41) is 10.2. The maximum atomic E-state index is 12.0. The van der Waals surface area contributed by atoms with Crippen LogP contribution in [0.15, 0.2) is 48.5 Å². The molecular weight excluding hydrogens is 266 g/mol. The zero-order chi connectivity index (χ0) is 14.5. The number of rotatable bonds is 5. The quantitative estimate of drug-likeness (QED) is 0.912. The second kappa shape index (κ2) is 6.34. The van der Waals surface area contributed by atoms with Gasteiger partial charge in [0.2, 0.25) is 0 Å². The van der Waals surface area contributed by atoms with Crippen molar-refractivity contribution in [3.8, 4) is 11.5 Å². The lowest BCUT2D eigenvalue weighted by molar-refractivity contribution is -0.0498. The van der Waals surface area contributed by atoms with E-state index in [1.54, 1.807) is 43.5 Å². The molecule has 5 heteroatoms. The van der Waals surface area contributed by atoms with Crippen LogP contribution in [0.25, 0.3) is 0 Å². The molecule has 0 bridgehead atoms. The minimum Gasteiger partial charge on any atom is -0.497 e. The van der Waals surface area contributed by atoms with Crippen LogP contribution in [-0.2, 0) is 0 Å². The van der Waals surface area contributed by atoms with Crippen molar-refractivity contribution in [1.29, 1.82) is 0 Å². The van der Waals surface area contributed by atoms with E-state index in [2.05, 4.69) is 4.74 Å². The molecule has 0 heterocycles. The van der Waals surface area contributed by atoms with Crippen molar-refractivity contribution in [2.45, 2.75) is 12.7 Å². The van der Waals surface area contributed by atoms with Crippen molar-refractivity contribution in [2.75, 3.05) is 7.11 Å². The second-order valence-corrected chi connectivity index (χ2v) is 4.13. The number of aliphatic hydroxyl groups excluding tert-OH is 1. The summed E-state index contributed by atoms with van der Waals surface area (Å²) in [5.41, 5.74) is 1.24. The van der Waals surface area contributed by atoms with E-state index in [1.165, 1.54) is 12.1 Å². The Bertz CT molecular complexity index is 555. The predicted octanol–water partition coefficient (Wildman–Crippen LogP) is 3.38. The first-order valence-electron chi connectivity index (χ1n) is 5.97. The van der Waals surface area contributed by atoms with E-state index in [0.29, 0.717) is 16.9 Å². The Labute approximate surface area is 115 Å². The number of alkyl halides is 2. The number of hydrogen-bond donors (Lipinski definition) is 1. The van der Waals surface area contributed by atoms with Crippen molar-refractivity contribution < 1.29 is 23.4 Å². The molecule has 1 N–H and O–H groups in total. The van der Waals surface area contributed by atoms with Crippen LogP contribution in [0.1, 0.15) is 17.2 Å². The number of hydrogen-bond acceptors (Lipinski definition) is 3. The highest BCUT2D eigenvalue weighted by Crippen LogP contribution is 2.26. The highest BCUT2D eigenvalue weighted by Gasteiger charge is 2.12. The second-order valence-electron chi connectivity index (χ2n) is 4.13. The van der Waals surface area contributed by atoms with Crippen LogP contribution < -0.4 is 9.47 Å². The molecular formula is C15H14F2O3. The van der Waals surface area contributed by atoms with Gasteiger partial charge in [-0.25, -0.2) is 0 Å². The number of aliphatic hydroxyl groups is 1. The van der Waals surface area contributed by atoms with Gasteiger partial charge in [-0.1, -0.05) is 24.3 Å². The zero-order valence-electron chi connectivity index (χ0n) is 10.8. The molecule has 2 aromatic carbocycles. The van der Waals surface area contributed by atoms with Gasteiger partial charge >= 0.3 is 6.61 Å². The Morgan fingerprint density at radius 1 is 0.950 bits per heavy atom. The first-order chi connectivity index (χ1) is 9.60. The Kier molecular flexibility index (Phi) is 4.53. The van der Waals surface area contributed by atoms with E-state index < -0.39 is 12.7 Å². The summed E-state index contributed by atoms with van der Waals surface area (Å²) in [5.74, 6) is 0.695. The van der Waals surface area contributed by atoms with Crippen LogP contribution in [0, 0.1) is 0 Å². The summed E-state index contributed by atoms with van der Waals surface area (Å²) in [6, 6.07) is 12.9. The number of halogens is 2. The number of benzene rings is 2. The summed E-state index contributed by atoms with van der Waals surface area (Å²) in [6.45, 7) is -2.86. The fourth-order valence-electron chi connectivity index (χ4n) is 1.84. The molecule has 0 saturated heterocycles. The van der Waals surface area contributed by atoms with Crippen molar-refractivity contribution >= 4 is 0 Å². The largest absolute Gasteiger partial charge is 0.497 e. The smallest absolute Gasteiger partial charge is 0.387 e. The highest BCUT2D eigenvalue weighted by atomic mass is 19.3. The molecule has 0 aliphatic heterocycles. The minimum atomic E-state index is -2.86. The first kappa shape index (κ1) is 14.3. The summed E-state index contributed by atoms with van der Waals surface area (Å²) in [7, 11) is 1.54. The summed E-state index contributed by atoms with van der Waals surface area (Å²) < 4.78 is 33.4. The van der Waals surface area contributed by atoms with E-state index in [9.17, 15) is 13.9 Å². The van der Waals surface area contributed by atoms with Crippen LogP contribution in [-0.4, -0.2) is 18.8 Å². The topological polar surface area (TPSA) is 38.7 Å². The fraction of sp³-hybridized carbons (Fsp3) is 0.200. The molecule has 106 valence electrons. The third-order valence-corrected chi connectivity index (χ3v) is 2.83. The fourth-order valence-corrected chi connectivity index (χ4v) is 1.84. The molecule has 2 aromatic rings. The monoisotopic (exact) mass is 280 g/mol. The van der Waals surface area contributed by atoms with Gasteiger partial charge in [-0.15, -0.1) is 0 Å². The van der Waals surface area contributed by atoms with Crippen LogP contribution in [0.3, 0.4) is 0 Å². The molecule has 20 heavy (non-hydrogen) atoms. The maximum Gasteiger partial charge on any atom is 0.387 e. The Hall–Kier alpha value is -2.14. The normalized spacial score (nSPS) is 12.2. The van der Waals surface area contributed by atoms with Gasteiger partial charge in [-0.05, 0) is 35.4 Å². The Morgan fingerprint density at radius 2 is 1.65 bits per heavy atom. The van der Waals surface area contributed by atoms with Crippen molar-refractivity contribution in [1.82, 2.24) is 0 Å². The SMILES string of the molecule is COc1cccc(C(O)c2ccc(OC(F)F)cc2)c1. The van der Waals surface area contributed by atoms with Crippen molar-refractivity contribution in [3.05, 3.63) is 59.7 Å². The molecule has 0 fully saturated rings. The average molecular weight is 280 g/mol. The van der Waals surface area contributed by atoms with E-state index in [4.69, 9.17) is 4.74 Å². The van der Waals surface area contributed by atoms with Gasteiger partial charge in [0.1, 0.15) is 17.6 Å². The van der Waals surface area contributed by atoms with Crippen LogP contribution >= 0.6 is 0 Å². The highest BCUT2D eigenvalue weighted by molar-refractivity contribution is 5.37. The lowest BCUT2D eigenvalue weighted by atomic mass is 10.0. The third-order valence-electron chi connectivity index (χ3n) is 2.83. The lowest BCUT2D eigenvalue weighted by Crippen LogP contribution is -2.03. The van der Waals surface area contributed by atoms with Gasteiger partial charge in [0, 0.05) is 0 Å². The van der Waals surface area contributed by atoms with E-state index >= 15 is 0 Å². The van der Waals surface area contributed by atoms with E-state index in [0.717, 1.165) is 0 Å². The van der Waals surface area contributed by atoms with Crippen molar-refractivity contribution in [3.63, 3.8) is 0 Å². The summed E-state index contributed by atoms with van der Waals surface area (Å²) >= 11 is 0. The van der Waals surface area contributed by atoms with Crippen LogP contribution in [0.4, 0.5) is 8.78 Å². The van der Waals surface area contributed by atoms with Crippen molar-refractivity contribution in [2.24, 2.45) is 0 Å². The molecule has 1 atom stereocenters. The Morgan fingerprint density at radius 3 is 2.25 bits per heavy atom. The van der Waals surface area contributed by atoms with Gasteiger partial charge in [0.05, 0.1) is 7.11 Å². The standard InChI is InChI=1S/C15H14F2O3/c1-19-13-4-2-3-11(9-13)14(18)10-5-7-12(8-6-10)20-15(16)17/h2-9,14-15,18H,1H3. The molecule has 1 unspecified atom stereocenters. The molecule has 0 aliphatic carbocycles. The molecule has 0 radical (unpaired) electrons. The van der Waals surface area contributed by atoms with Gasteiger partial charge in [0.25, 0.3) is 0 Å². The first-order valence-corrected chi connectivity index (χ1v) is 5.97. The number of ether oxygens (including phenoxy) is 2. The maximum absolute atomic E-state index is 12.0. The van der Waals surface area contributed by atoms with Crippen LogP contribution in [0.5, 0.6) is 11.5 Å².